The summed E-state index contributed by atoms with van der Waals surface area (Å²) in [5.41, 5.74) is 2.19. The molecule has 7 nitrogen and oxygen atoms in total. The van der Waals surface area contributed by atoms with Gasteiger partial charge in [0, 0.05) is 16.8 Å². The minimum atomic E-state index is -4.07. The van der Waals surface area contributed by atoms with Gasteiger partial charge in [0.05, 0.1) is 21.9 Å². The van der Waals surface area contributed by atoms with Crippen LogP contribution in [0.5, 0.6) is 0 Å². The lowest BCUT2D eigenvalue weighted by Crippen LogP contribution is -2.22. The van der Waals surface area contributed by atoms with E-state index in [2.05, 4.69) is 9.71 Å². The number of anilines is 1. The number of benzene rings is 3. The summed E-state index contributed by atoms with van der Waals surface area (Å²) in [4.78, 5) is 24.4. The van der Waals surface area contributed by atoms with Gasteiger partial charge in [-0.3, -0.25) is 4.79 Å². The summed E-state index contributed by atoms with van der Waals surface area (Å²) in [6.45, 7) is 6.12. The lowest BCUT2D eigenvalue weighted by atomic mass is 9.87. The van der Waals surface area contributed by atoms with Gasteiger partial charge in [-0.05, 0) is 47.4 Å². The van der Waals surface area contributed by atoms with Crippen molar-refractivity contribution in [3.63, 3.8) is 0 Å². The van der Waals surface area contributed by atoms with E-state index in [1.807, 2.05) is 20.8 Å². The Morgan fingerprint density at radius 2 is 1.57 bits per heavy atom. The van der Waals surface area contributed by atoms with Crippen LogP contribution in [0.2, 0.25) is 0 Å². The minimum Gasteiger partial charge on any atom is -0.478 e. The van der Waals surface area contributed by atoms with Gasteiger partial charge in [-0.25, -0.2) is 4.79 Å². The van der Waals surface area contributed by atoms with Gasteiger partial charge in [0.15, 0.2) is 0 Å². The van der Waals surface area contributed by atoms with E-state index < -0.39 is 16.0 Å². The Bertz CT molecular complexity index is 1500. The smallest absolute Gasteiger partial charge is 0.335 e. The van der Waals surface area contributed by atoms with Crippen molar-refractivity contribution in [3.8, 4) is 0 Å². The molecule has 0 bridgehead atoms. The third kappa shape index (κ3) is 5.07. The van der Waals surface area contributed by atoms with E-state index in [9.17, 15) is 23.1 Å². The molecule has 0 heterocycles. The second-order valence-corrected chi connectivity index (χ2v) is 10.8. The number of sulfonamides is 1. The van der Waals surface area contributed by atoms with Crippen LogP contribution in [0.15, 0.2) is 93.9 Å². The Kier molecular flexibility index (Phi) is 6.17. The van der Waals surface area contributed by atoms with Crippen LogP contribution in [0.4, 0.5) is 5.69 Å². The Labute approximate surface area is 203 Å². The number of carbonyl (C=O) groups is 2. The number of aromatic carboxylic acids is 1. The van der Waals surface area contributed by atoms with Crippen molar-refractivity contribution in [2.24, 2.45) is 4.40 Å². The molecule has 35 heavy (non-hydrogen) atoms. The van der Waals surface area contributed by atoms with Crippen molar-refractivity contribution in [3.05, 3.63) is 107 Å². The fraction of sp³-hybridized carbons (Fsp3) is 0.148. The summed E-state index contributed by atoms with van der Waals surface area (Å²) in [5, 5.41) is 12.2. The maximum Gasteiger partial charge on any atom is 0.335 e. The molecule has 0 spiro atoms. The van der Waals surface area contributed by atoms with E-state index in [1.165, 1.54) is 30.3 Å². The molecule has 0 aliphatic heterocycles. The fourth-order valence-electron chi connectivity index (χ4n) is 3.69. The first-order valence-electron chi connectivity index (χ1n) is 10.9. The van der Waals surface area contributed by atoms with Gasteiger partial charge in [0.2, 0.25) is 5.78 Å². The predicted octanol–water partition coefficient (Wildman–Crippen LogP) is 5.05. The largest absolute Gasteiger partial charge is 0.478 e. The van der Waals surface area contributed by atoms with Crippen molar-refractivity contribution < 1.29 is 23.1 Å². The monoisotopic (exact) mass is 488 g/mol. The second-order valence-electron chi connectivity index (χ2n) is 9.17. The van der Waals surface area contributed by atoms with Gasteiger partial charge in [0.1, 0.15) is 0 Å². The highest BCUT2D eigenvalue weighted by molar-refractivity contribution is 7.90. The molecule has 1 aliphatic carbocycles. The van der Waals surface area contributed by atoms with Gasteiger partial charge in [0.25, 0.3) is 10.0 Å². The highest BCUT2D eigenvalue weighted by Crippen LogP contribution is 2.27. The number of ketones is 1. The average Bonchev–Trinajstić information content (AvgIpc) is 2.81. The van der Waals surface area contributed by atoms with Crippen LogP contribution in [-0.2, 0) is 15.4 Å². The average molecular weight is 489 g/mol. The summed E-state index contributed by atoms with van der Waals surface area (Å²) in [7, 11) is -4.07. The van der Waals surface area contributed by atoms with Crippen molar-refractivity contribution in [2.45, 2.75) is 31.1 Å². The van der Waals surface area contributed by atoms with E-state index in [-0.39, 0.29) is 33.1 Å². The van der Waals surface area contributed by atoms with Crippen molar-refractivity contribution >= 4 is 33.2 Å². The first-order chi connectivity index (χ1) is 16.5. The number of hydrogen-bond donors (Lipinski definition) is 2. The molecule has 3 aromatic carbocycles. The molecule has 0 fully saturated rings. The summed E-state index contributed by atoms with van der Waals surface area (Å²) < 4.78 is 30.4. The summed E-state index contributed by atoms with van der Waals surface area (Å²) in [6.07, 6.45) is 1.37. The summed E-state index contributed by atoms with van der Waals surface area (Å²) >= 11 is 0. The molecule has 0 saturated heterocycles. The Balaban J connectivity index is 1.77. The predicted molar refractivity (Wildman–Crippen MR) is 135 cm³/mol. The molecule has 3 aromatic rings. The number of fused-ring (bicyclic) bond motifs is 1. The minimum absolute atomic E-state index is 0.0458. The van der Waals surface area contributed by atoms with Crippen LogP contribution in [0.25, 0.3) is 0 Å². The van der Waals surface area contributed by atoms with Gasteiger partial charge in [-0.15, -0.1) is 0 Å². The number of rotatable bonds is 5. The molecule has 2 N–H and O–H groups in total. The molecule has 0 radical (unpaired) electrons. The molecule has 0 atom stereocenters. The fourth-order valence-corrected chi connectivity index (χ4v) is 4.69. The molecule has 178 valence electrons. The molecule has 0 saturated carbocycles. The zero-order chi connectivity index (χ0) is 25.4. The molecular formula is C27H24N2O5S. The number of Topliss-reactive ketones (excluding diaryl/α,β-unsaturated/α-hetero) is 1. The third-order valence-corrected chi connectivity index (χ3v) is 6.90. The Morgan fingerprint density at radius 1 is 0.914 bits per heavy atom. The molecule has 8 heteroatoms. The maximum absolute atomic E-state index is 13.1. The highest BCUT2D eigenvalue weighted by atomic mass is 32.2. The van der Waals surface area contributed by atoms with Crippen LogP contribution < -0.4 is 5.32 Å². The van der Waals surface area contributed by atoms with E-state index in [1.54, 1.807) is 48.5 Å². The summed E-state index contributed by atoms with van der Waals surface area (Å²) in [5.74, 6) is -1.46. The number of carbonyl (C=O) groups excluding carboxylic acids is 1. The standard InChI is InChI=1S/C27H24N2O5S/c1-27(2,3)18-11-13-20(14-12-18)35(33,34)29-23-16-24(25(30)22-10-5-4-9-21(22)23)28-19-8-6-7-17(15-19)26(31)32/h4-16,28H,1-3H3,(H,31,32)/b29-23+. The lowest BCUT2D eigenvalue weighted by molar-refractivity contribution is 0.0696. The highest BCUT2D eigenvalue weighted by Gasteiger charge is 2.26. The topological polar surface area (TPSA) is 113 Å². The molecule has 4 rings (SSSR count). The zero-order valence-electron chi connectivity index (χ0n) is 19.4. The van der Waals surface area contributed by atoms with Gasteiger partial charge in [-0.2, -0.15) is 12.8 Å². The van der Waals surface area contributed by atoms with Gasteiger partial charge >= 0.3 is 5.97 Å². The molecule has 0 amide bonds. The van der Waals surface area contributed by atoms with Crippen LogP contribution in [0.3, 0.4) is 0 Å². The number of allylic oxidation sites excluding steroid dienone is 2. The molecule has 1 aliphatic rings. The molecular weight excluding hydrogens is 464 g/mol. The van der Waals surface area contributed by atoms with Crippen LogP contribution in [0, 0.1) is 0 Å². The van der Waals surface area contributed by atoms with Crippen LogP contribution in [-0.4, -0.2) is 31.0 Å². The van der Waals surface area contributed by atoms with E-state index in [0.29, 0.717) is 16.8 Å². The summed E-state index contributed by atoms with van der Waals surface area (Å²) in [6, 6.07) is 19.2. The van der Waals surface area contributed by atoms with Crippen molar-refractivity contribution in [1.82, 2.24) is 0 Å². The van der Waals surface area contributed by atoms with Gasteiger partial charge < -0.3 is 10.4 Å². The number of hydrogen-bond acceptors (Lipinski definition) is 5. The first kappa shape index (κ1) is 24.1. The Morgan fingerprint density at radius 3 is 2.20 bits per heavy atom. The molecule has 0 aromatic heterocycles. The van der Waals surface area contributed by atoms with Crippen molar-refractivity contribution in [1.29, 1.82) is 0 Å². The Hall–Kier alpha value is -4.04. The normalized spacial score (nSPS) is 14.9. The zero-order valence-corrected chi connectivity index (χ0v) is 20.3. The second kappa shape index (κ2) is 8.96. The van der Waals surface area contributed by atoms with E-state index >= 15 is 0 Å². The number of carboxylic acids is 1. The maximum atomic E-state index is 13.1. The number of carboxylic acid groups (broad SMARTS) is 1. The van der Waals surface area contributed by atoms with Crippen LogP contribution in [0.1, 0.15) is 52.6 Å². The lowest BCUT2D eigenvalue weighted by Gasteiger charge is -2.19. The van der Waals surface area contributed by atoms with E-state index in [4.69, 9.17) is 0 Å². The number of nitrogens with one attached hydrogen (secondary N) is 1. The van der Waals surface area contributed by atoms with Crippen LogP contribution >= 0.6 is 0 Å². The first-order valence-corrected chi connectivity index (χ1v) is 12.3. The number of nitrogens with zero attached hydrogens (tertiary/aromatic N) is 1. The SMILES string of the molecule is CC(C)(C)c1ccc(S(=O)(=O)/N=C2\C=C(Nc3cccc(C(=O)O)c3)C(=O)c3ccccc32)cc1. The van der Waals surface area contributed by atoms with E-state index in [0.717, 1.165) is 5.56 Å². The molecule has 0 unspecified atom stereocenters. The van der Waals surface area contributed by atoms with Crippen molar-refractivity contribution in [2.75, 3.05) is 5.32 Å². The third-order valence-electron chi connectivity index (χ3n) is 5.60. The quantitative estimate of drug-likeness (QED) is 0.520. The van der Waals surface area contributed by atoms with Gasteiger partial charge in [-0.1, -0.05) is 63.2 Å².